The number of rotatable bonds is 0. The van der Waals surface area contributed by atoms with Gasteiger partial charge in [-0.2, -0.15) is 0 Å². The largest absolute Gasteiger partial charge is 4.00 e. The van der Waals surface area contributed by atoms with E-state index in [0.717, 1.165) is 0 Å². The van der Waals surface area contributed by atoms with Gasteiger partial charge >= 0.3 is 26.2 Å². The zero-order valence-electron chi connectivity index (χ0n) is 1.63. The minimum atomic E-state index is 0. The molecule has 0 heterocycles. The van der Waals surface area contributed by atoms with E-state index in [2.05, 4.69) is 0 Å². The second kappa shape index (κ2) is 27.8. The number of hydrogen-bond donors (Lipinski definition) is 0. The van der Waals surface area contributed by atoms with Crippen molar-refractivity contribution in [2.45, 2.75) is 0 Å². The molecule has 2 nitrogen and oxygen atoms in total. The van der Waals surface area contributed by atoms with Gasteiger partial charge in [0.1, 0.15) is 0 Å². The second-order valence-electron chi connectivity index (χ2n) is 0. The Morgan fingerprint density at radius 1 is 0.750 bits per heavy atom. The average molecular weight is 182 g/mol. The minimum Gasteiger partial charge on any atom is -2.00 e. The molecule has 0 N–H and O–H groups in total. The summed E-state index contributed by atoms with van der Waals surface area (Å²) in [5.41, 5.74) is 0. The first-order valence-electron chi connectivity index (χ1n) is 0. The Balaban J connectivity index is 0. The van der Waals surface area contributed by atoms with Crippen molar-refractivity contribution >= 4 is 0 Å². The average Bonchev–Trinajstić information content (AvgIpc) is 0. The molecule has 0 aliphatic heterocycles. The summed E-state index contributed by atoms with van der Waals surface area (Å²) in [4.78, 5) is 0. The molecule has 0 aliphatic carbocycles. The summed E-state index contributed by atoms with van der Waals surface area (Å²) < 4.78 is 0. The predicted molar refractivity (Wildman–Crippen MR) is 1.37 cm³/mol. The van der Waals surface area contributed by atoms with E-state index >= 15 is 0 Å². The van der Waals surface area contributed by atoms with Crippen LogP contribution in [-0.2, 0) is 53.6 Å². The Labute approximate surface area is 53.6 Å². The quantitative estimate of drug-likeness (QED) is 0.464. The molecule has 0 fully saturated rings. The van der Waals surface area contributed by atoms with Crippen LogP contribution in [0.5, 0.6) is 0 Å². The molecule has 0 atom stereocenters. The summed E-state index contributed by atoms with van der Waals surface area (Å²) in [6.45, 7) is 0. The molecule has 0 aromatic heterocycles. The van der Waals surface area contributed by atoms with Crippen molar-refractivity contribution in [2.75, 3.05) is 0 Å². The first-order chi connectivity index (χ1) is 0. The molecule has 0 saturated carbocycles. The Morgan fingerprint density at radius 3 is 0.750 bits per heavy atom. The molecule has 0 bridgehead atoms. The first kappa shape index (κ1) is 58.2. The molecule has 0 aromatic rings. The van der Waals surface area contributed by atoms with Crippen LogP contribution in [-0.4, -0.2) is 0 Å². The van der Waals surface area contributed by atoms with Gasteiger partial charge in [0.15, 0.2) is 0 Å². The van der Waals surface area contributed by atoms with Gasteiger partial charge in [-0.15, -0.1) is 0 Å². The molecule has 4 heteroatoms. The molecule has 0 amide bonds. The van der Waals surface area contributed by atoms with Crippen molar-refractivity contribution in [2.24, 2.45) is 0 Å². The Morgan fingerprint density at radius 2 is 0.750 bits per heavy atom. The van der Waals surface area contributed by atoms with Gasteiger partial charge in [-0.25, -0.2) is 0 Å². The van der Waals surface area contributed by atoms with Crippen LogP contribution in [0.25, 0.3) is 0 Å². The summed E-state index contributed by atoms with van der Waals surface area (Å²) in [6.07, 6.45) is 0. The monoisotopic (exact) mass is 180 g/mol. The summed E-state index contributed by atoms with van der Waals surface area (Å²) in [7, 11) is 0. The van der Waals surface area contributed by atoms with E-state index in [4.69, 9.17) is 0 Å². The molecule has 0 aromatic carbocycles. The minimum absolute atomic E-state index is 0. The maximum absolute atomic E-state index is 0. The molecule has 0 spiro atoms. The van der Waals surface area contributed by atoms with Gasteiger partial charge in [0, 0.05) is 16.5 Å². The molecule has 4 heavy (non-hydrogen) atoms. The SMILES string of the molecule is [Ni].[O-2].[O-2].[Zr+4]. The third kappa shape index (κ3) is 10.3. The van der Waals surface area contributed by atoms with Crippen LogP contribution in [0.3, 0.4) is 0 Å². The second-order valence-corrected chi connectivity index (χ2v) is 0. The van der Waals surface area contributed by atoms with Crippen molar-refractivity contribution in [1.29, 1.82) is 0 Å². The van der Waals surface area contributed by atoms with Crippen molar-refractivity contribution in [3.63, 3.8) is 0 Å². The normalized spacial score (nSPS) is 0. The smallest absolute Gasteiger partial charge is 2.00 e. The van der Waals surface area contributed by atoms with Crippen LogP contribution in [0.15, 0.2) is 0 Å². The summed E-state index contributed by atoms with van der Waals surface area (Å²) in [6, 6.07) is 0. The fourth-order valence-corrected chi connectivity index (χ4v) is 0. The van der Waals surface area contributed by atoms with Crippen LogP contribution >= 0.6 is 0 Å². The fraction of sp³-hybridized carbons (Fsp3) is 0. The van der Waals surface area contributed by atoms with E-state index in [0.29, 0.717) is 0 Å². The van der Waals surface area contributed by atoms with Gasteiger partial charge in [-0.05, 0) is 0 Å². The Kier molecular flexibility index (Phi) is 404. The molecule has 0 rings (SSSR count). The molecular weight excluding hydrogens is 182 g/mol. The van der Waals surface area contributed by atoms with Crippen LogP contribution in [0.2, 0.25) is 0 Å². The molecule has 0 aliphatic rings. The maximum atomic E-state index is 0. The van der Waals surface area contributed by atoms with Gasteiger partial charge in [-0.3, -0.25) is 0 Å². The molecule has 0 radical (unpaired) electrons. The zero-order valence-corrected chi connectivity index (χ0v) is 5.08. The predicted octanol–water partition coefficient (Wildman–Crippen LogP) is -0.243. The van der Waals surface area contributed by atoms with Crippen molar-refractivity contribution in [1.82, 2.24) is 0 Å². The topological polar surface area (TPSA) is 57.0 Å². The van der Waals surface area contributed by atoms with Gasteiger partial charge < -0.3 is 11.0 Å². The fourth-order valence-electron chi connectivity index (χ4n) is 0. The van der Waals surface area contributed by atoms with Gasteiger partial charge in [0.2, 0.25) is 0 Å². The van der Waals surface area contributed by atoms with E-state index in [1.165, 1.54) is 0 Å². The third-order valence-corrected chi connectivity index (χ3v) is 0. The van der Waals surface area contributed by atoms with E-state index in [-0.39, 0.29) is 53.6 Å². The van der Waals surface area contributed by atoms with E-state index < -0.39 is 0 Å². The van der Waals surface area contributed by atoms with Crippen LogP contribution in [0, 0.1) is 0 Å². The summed E-state index contributed by atoms with van der Waals surface area (Å²) >= 11 is 0. The first-order valence-corrected chi connectivity index (χ1v) is 0. The van der Waals surface area contributed by atoms with E-state index in [1.54, 1.807) is 0 Å². The summed E-state index contributed by atoms with van der Waals surface area (Å²) in [5.74, 6) is 0. The molecule has 26 valence electrons. The van der Waals surface area contributed by atoms with Gasteiger partial charge in [0.25, 0.3) is 0 Å². The number of hydrogen-bond acceptors (Lipinski definition) is 0. The maximum Gasteiger partial charge on any atom is 4.00 e. The third-order valence-electron chi connectivity index (χ3n) is 0. The molecule has 0 saturated heterocycles. The zero-order chi connectivity index (χ0) is 0. The van der Waals surface area contributed by atoms with Gasteiger partial charge in [0.05, 0.1) is 0 Å². The standard InChI is InChI=1S/Ni.2O.Zr/q;2*-2;+4. The molecular formula is NiO2Zr. The summed E-state index contributed by atoms with van der Waals surface area (Å²) in [5, 5.41) is 0. The van der Waals surface area contributed by atoms with Gasteiger partial charge in [-0.1, -0.05) is 0 Å². The van der Waals surface area contributed by atoms with E-state index in [9.17, 15) is 0 Å². The van der Waals surface area contributed by atoms with E-state index in [1.807, 2.05) is 0 Å². The van der Waals surface area contributed by atoms with Crippen LogP contribution in [0.1, 0.15) is 0 Å². The Bertz CT molecular complexity index is 6.00. The van der Waals surface area contributed by atoms with Crippen molar-refractivity contribution < 1.29 is 53.6 Å². The Hall–Kier alpha value is 1.30. The van der Waals surface area contributed by atoms with Crippen molar-refractivity contribution in [3.8, 4) is 0 Å². The van der Waals surface area contributed by atoms with Crippen molar-refractivity contribution in [3.05, 3.63) is 0 Å². The molecule has 0 unspecified atom stereocenters. The van der Waals surface area contributed by atoms with Crippen LogP contribution in [0.4, 0.5) is 0 Å². The van der Waals surface area contributed by atoms with Crippen LogP contribution < -0.4 is 0 Å².